The minimum atomic E-state index is -0.769. The molecule has 0 spiro atoms. The number of hydrogen-bond acceptors (Lipinski definition) is 4. The molecule has 0 saturated heterocycles. The first kappa shape index (κ1) is 19.9. The summed E-state index contributed by atoms with van der Waals surface area (Å²) in [4.78, 5) is 28.6. The lowest BCUT2D eigenvalue weighted by Crippen LogP contribution is -2.30. The number of carbonyl (C=O) groups is 2. The van der Waals surface area contributed by atoms with Gasteiger partial charge in [0.25, 0.3) is 5.91 Å². The Morgan fingerprint density at radius 1 is 0.964 bits per heavy atom. The van der Waals surface area contributed by atoms with Crippen molar-refractivity contribution < 1.29 is 14.3 Å². The van der Waals surface area contributed by atoms with Crippen LogP contribution in [0.1, 0.15) is 22.8 Å². The summed E-state index contributed by atoms with van der Waals surface area (Å²) in [5.74, 6) is -0.0240. The highest BCUT2D eigenvalue weighted by atomic mass is 35.5. The number of ether oxygens (including phenoxy) is 1. The van der Waals surface area contributed by atoms with Crippen molar-refractivity contribution in [3.8, 4) is 5.75 Å². The van der Waals surface area contributed by atoms with Crippen molar-refractivity contribution in [2.24, 2.45) is 0 Å². The van der Waals surface area contributed by atoms with E-state index in [2.05, 4.69) is 10.3 Å². The number of hydrogen-bond donors (Lipinski definition) is 1. The molecule has 0 saturated carbocycles. The van der Waals surface area contributed by atoms with Crippen LogP contribution in [0.25, 0.3) is 0 Å². The maximum absolute atomic E-state index is 12.5. The number of benzene rings is 2. The van der Waals surface area contributed by atoms with Crippen LogP contribution in [0.2, 0.25) is 10.2 Å². The van der Waals surface area contributed by atoms with Gasteiger partial charge in [-0.1, -0.05) is 23.2 Å². The lowest BCUT2D eigenvalue weighted by molar-refractivity contribution is -0.122. The van der Waals surface area contributed by atoms with Gasteiger partial charge in [-0.05, 0) is 67.6 Å². The van der Waals surface area contributed by atoms with Gasteiger partial charge in [-0.2, -0.15) is 0 Å². The molecule has 0 aliphatic rings. The number of nitrogens with zero attached hydrogens (tertiary/aromatic N) is 1. The van der Waals surface area contributed by atoms with E-state index in [1.165, 1.54) is 6.20 Å². The van der Waals surface area contributed by atoms with Gasteiger partial charge in [0.2, 0.25) is 0 Å². The molecule has 0 aliphatic heterocycles. The van der Waals surface area contributed by atoms with Crippen molar-refractivity contribution in [3.63, 3.8) is 0 Å². The Balaban J connectivity index is 1.63. The van der Waals surface area contributed by atoms with Crippen molar-refractivity contribution >= 4 is 40.6 Å². The first-order chi connectivity index (χ1) is 13.4. The van der Waals surface area contributed by atoms with E-state index in [0.717, 1.165) is 0 Å². The average molecular weight is 415 g/mol. The van der Waals surface area contributed by atoms with E-state index in [1.807, 2.05) is 0 Å². The molecule has 0 bridgehead atoms. The van der Waals surface area contributed by atoms with Crippen LogP contribution in [-0.2, 0) is 4.79 Å². The van der Waals surface area contributed by atoms with Crippen LogP contribution in [0, 0.1) is 0 Å². The van der Waals surface area contributed by atoms with E-state index in [0.29, 0.717) is 27.6 Å². The van der Waals surface area contributed by atoms with E-state index in [1.54, 1.807) is 67.6 Å². The fourth-order valence-corrected chi connectivity index (χ4v) is 2.72. The third kappa shape index (κ3) is 4.88. The van der Waals surface area contributed by atoms with Crippen LogP contribution in [0.4, 0.5) is 5.69 Å². The van der Waals surface area contributed by atoms with Crippen LogP contribution in [0.5, 0.6) is 5.75 Å². The first-order valence-electron chi connectivity index (χ1n) is 8.42. The summed E-state index contributed by atoms with van der Waals surface area (Å²) in [6, 6.07) is 16.6. The molecule has 1 amide bonds. The first-order valence-corrected chi connectivity index (χ1v) is 9.18. The Labute approximate surface area is 172 Å². The summed E-state index contributed by atoms with van der Waals surface area (Å²) in [5, 5.41) is 3.43. The molecule has 1 atom stereocenters. The molecule has 3 aromatic rings. The smallest absolute Gasteiger partial charge is 0.265 e. The highest BCUT2D eigenvalue weighted by molar-refractivity contribution is 6.32. The molecule has 1 N–H and O–H groups in total. The minimum absolute atomic E-state index is 0.125. The fraction of sp³-hybridized carbons (Fsp3) is 0.0952. The maximum Gasteiger partial charge on any atom is 0.265 e. The lowest BCUT2D eigenvalue weighted by atomic mass is 10.0. The molecule has 28 heavy (non-hydrogen) atoms. The summed E-state index contributed by atoms with van der Waals surface area (Å²) < 4.78 is 5.64. The van der Waals surface area contributed by atoms with Crippen LogP contribution in [0.3, 0.4) is 0 Å². The maximum atomic E-state index is 12.5. The second-order valence-electron chi connectivity index (χ2n) is 5.95. The Morgan fingerprint density at radius 3 is 2.18 bits per heavy atom. The zero-order chi connectivity index (χ0) is 20.1. The highest BCUT2D eigenvalue weighted by Gasteiger charge is 2.17. The SMILES string of the molecule is C[C@H](Oc1ccc(C(=O)c2ccc(Cl)cc2)cc1)C(=O)Nc1cccnc1Cl. The van der Waals surface area contributed by atoms with Crippen LogP contribution in [0.15, 0.2) is 66.9 Å². The van der Waals surface area contributed by atoms with Gasteiger partial charge in [0.05, 0.1) is 5.69 Å². The topological polar surface area (TPSA) is 68.3 Å². The molecule has 0 radical (unpaired) electrons. The number of nitrogens with one attached hydrogen (secondary N) is 1. The van der Waals surface area contributed by atoms with Crippen LogP contribution in [-0.4, -0.2) is 22.8 Å². The Morgan fingerprint density at radius 2 is 1.57 bits per heavy atom. The normalized spacial score (nSPS) is 11.5. The van der Waals surface area contributed by atoms with E-state index >= 15 is 0 Å². The van der Waals surface area contributed by atoms with E-state index in [-0.39, 0.29) is 16.8 Å². The fourth-order valence-electron chi connectivity index (χ4n) is 2.42. The number of carbonyl (C=O) groups excluding carboxylic acids is 2. The standard InChI is InChI=1S/C21H16Cl2N2O3/c1-13(21(27)25-18-3-2-12-24-20(18)23)28-17-10-6-15(7-11-17)19(26)14-4-8-16(22)9-5-14/h2-13H,1H3,(H,25,27)/t13-/m0/s1. The molecule has 0 fully saturated rings. The molecule has 2 aromatic carbocycles. The number of ketones is 1. The highest BCUT2D eigenvalue weighted by Crippen LogP contribution is 2.20. The number of aromatic nitrogens is 1. The summed E-state index contributed by atoms with van der Waals surface area (Å²) >= 11 is 11.8. The van der Waals surface area contributed by atoms with E-state index < -0.39 is 6.10 Å². The van der Waals surface area contributed by atoms with Gasteiger partial charge in [-0.25, -0.2) is 4.98 Å². The van der Waals surface area contributed by atoms with Crippen molar-refractivity contribution in [2.75, 3.05) is 5.32 Å². The summed E-state index contributed by atoms with van der Waals surface area (Å²) in [7, 11) is 0. The van der Waals surface area contributed by atoms with Crippen molar-refractivity contribution in [3.05, 3.63) is 88.2 Å². The van der Waals surface area contributed by atoms with Crippen LogP contribution >= 0.6 is 23.2 Å². The quantitative estimate of drug-likeness (QED) is 0.453. The number of anilines is 1. The second kappa shape index (κ2) is 8.87. The van der Waals surface area contributed by atoms with E-state index in [9.17, 15) is 9.59 Å². The molecular weight excluding hydrogens is 399 g/mol. The summed E-state index contributed by atoms with van der Waals surface area (Å²) in [5.41, 5.74) is 1.46. The van der Waals surface area contributed by atoms with Gasteiger partial charge >= 0.3 is 0 Å². The van der Waals surface area contributed by atoms with Gasteiger partial charge in [0.15, 0.2) is 17.0 Å². The molecule has 0 unspecified atom stereocenters. The molecule has 7 heteroatoms. The molecular formula is C21H16Cl2N2O3. The monoisotopic (exact) mass is 414 g/mol. The molecule has 5 nitrogen and oxygen atoms in total. The molecule has 3 rings (SSSR count). The zero-order valence-corrected chi connectivity index (χ0v) is 16.4. The number of amides is 1. The summed E-state index contributed by atoms with van der Waals surface area (Å²) in [6.07, 6.45) is 0.763. The van der Waals surface area contributed by atoms with E-state index in [4.69, 9.17) is 27.9 Å². The Bertz CT molecular complexity index is 989. The van der Waals surface area contributed by atoms with Gasteiger partial charge in [-0.15, -0.1) is 0 Å². The van der Waals surface area contributed by atoms with Gasteiger partial charge < -0.3 is 10.1 Å². The van der Waals surface area contributed by atoms with Crippen molar-refractivity contribution in [2.45, 2.75) is 13.0 Å². The zero-order valence-electron chi connectivity index (χ0n) is 14.9. The summed E-state index contributed by atoms with van der Waals surface area (Å²) in [6.45, 7) is 1.62. The third-order valence-corrected chi connectivity index (χ3v) is 4.48. The number of halogens is 2. The largest absolute Gasteiger partial charge is 0.481 e. The molecule has 142 valence electrons. The molecule has 1 heterocycles. The second-order valence-corrected chi connectivity index (χ2v) is 6.75. The number of rotatable bonds is 6. The predicted octanol–water partition coefficient (Wildman–Crippen LogP) is 5.03. The van der Waals surface area contributed by atoms with Gasteiger partial charge in [-0.3, -0.25) is 9.59 Å². The van der Waals surface area contributed by atoms with Crippen molar-refractivity contribution in [1.29, 1.82) is 0 Å². The molecule has 0 aliphatic carbocycles. The van der Waals surface area contributed by atoms with Gasteiger partial charge in [0, 0.05) is 22.3 Å². The number of pyridine rings is 1. The van der Waals surface area contributed by atoms with Crippen molar-refractivity contribution in [1.82, 2.24) is 4.98 Å². The Kier molecular flexibility index (Phi) is 6.29. The Hall–Kier alpha value is -2.89. The average Bonchev–Trinajstić information content (AvgIpc) is 2.70. The molecule has 1 aromatic heterocycles. The van der Waals surface area contributed by atoms with Crippen LogP contribution < -0.4 is 10.1 Å². The minimum Gasteiger partial charge on any atom is -0.481 e. The predicted molar refractivity (Wildman–Crippen MR) is 109 cm³/mol. The van der Waals surface area contributed by atoms with Gasteiger partial charge in [0.1, 0.15) is 5.75 Å². The lowest BCUT2D eigenvalue weighted by Gasteiger charge is -2.15. The third-order valence-electron chi connectivity index (χ3n) is 3.92.